The molecule has 80 valence electrons. The van der Waals surface area contributed by atoms with Gasteiger partial charge in [-0.05, 0) is 6.92 Å². The van der Waals surface area contributed by atoms with Crippen molar-refractivity contribution >= 4 is 16.0 Å². The average Bonchev–Trinajstić information content (AvgIpc) is 2.50. The van der Waals surface area contributed by atoms with Gasteiger partial charge < -0.3 is 5.73 Å². The van der Waals surface area contributed by atoms with Gasteiger partial charge in [-0.25, -0.2) is 13.1 Å². The highest BCUT2D eigenvalue weighted by Gasteiger charge is 2.20. The molecule has 0 bridgehead atoms. The van der Waals surface area contributed by atoms with Gasteiger partial charge in [-0.15, -0.1) is 0 Å². The predicted molar refractivity (Wildman–Crippen MR) is 52.1 cm³/mol. The predicted octanol–water partition coefficient (Wildman–Crippen LogP) is -1.10. The zero-order valence-electron chi connectivity index (χ0n) is 8.01. The molecule has 14 heavy (non-hydrogen) atoms. The number of nitrogens with zero attached hydrogens (tertiary/aromatic N) is 3. The van der Waals surface area contributed by atoms with Crippen LogP contribution in [-0.4, -0.2) is 35.0 Å². The molecule has 0 aromatic carbocycles. The van der Waals surface area contributed by atoms with E-state index in [0.29, 0.717) is 0 Å². The van der Waals surface area contributed by atoms with E-state index in [1.807, 2.05) is 0 Å². The minimum absolute atomic E-state index is 0.0627. The molecule has 1 aromatic heterocycles. The Labute approximate surface area is 82.4 Å². The third-order valence-electron chi connectivity index (χ3n) is 1.81. The first kappa shape index (κ1) is 10.9. The van der Waals surface area contributed by atoms with Crippen LogP contribution in [0.2, 0.25) is 0 Å². The molecule has 0 saturated heterocycles. The van der Waals surface area contributed by atoms with Gasteiger partial charge in [-0.2, -0.15) is 10.1 Å². The van der Waals surface area contributed by atoms with Crippen molar-refractivity contribution < 1.29 is 8.42 Å². The highest BCUT2D eigenvalue weighted by Crippen LogP contribution is 2.06. The number of nitrogens with two attached hydrogens (primary N) is 1. The van der Waals surface area contributed by atoms with Gasteiger partial charge in [0.05, 0.1) is 5.25 Å². The van der Waals surface area contributed by atoms with Crippen molar-refractivity contribution in [1.82, 2.24) is 14.8 Å². The molecule has 0 fully saturated rings. The average molecular weight is 219 g/mol. The molecule has 0 saturated carbocycles. The first-order chi connectivity index (χ1) is 6.47. The lowest BCUT2D eigenvalue weighted by molar-refractivity contribution is 0.588. The van der Waals surface area contributed by atoms with Gasteiger partial charge in [-0.3, -0.25) is 4.72 Å². The normalized spacial score (nSPS) is 13.9. The first-order valence-electron chi connectivity index (χ1n) is 4.03. The summed E-state index contributed by atoms with van der Waals surface area (Å²) in [7, 11) is -1.86. The van der Waals surface area contributed by atoms with Gasteiger partial charge in [0.1, 0.15) is 6.33 Å². The van der Waals surface area contributed by atoms with Crippen molar-refractivity contribution in [2.75, 3.05) is 11.3 Å². The minimum Gasteiger partial charge on any atom is -0.329 e. The van der Waals surface area contributed by atoms with Gasteiger partial charge >= 0.3 is 0 Å². The van der Waals surface area contributed by atoms with E-state index in [1.165, 1.54) is 17.9 Å². The maximum absolute atomic E-state index is 11.5. The highest BCUT2D eigenvalue weighted by molar-refractivity contribution is 7.93. The highest BCUT2D eigenvalue weighted by atomic mass is 32.2. The summed E-state index contributed by atoms with van der Waals surface area (Å²) in [6, 6.07) is 0. The minimum atomic E-state index is -3.45. The number of anilines is 1. The van der Waals surface area contributed by atoms with Crippen LogP contribution in [0, 0.1) is 0 Å². The third-order valence-corrected chi connectivity index (χ3v) is 3.53. The zero-order valence-corrected chi connectivity index (χ0v) is 8.82. The summed E-state index contributed by atoms with van der Waals surface area (Å²) < 4.78 is 26.7. The van der Waals surface area contributed by atoms with Gasteiger partial charge in [0.25, 0.3) is 0 Å². The fourth-order valence-electron chi connectivity index (χ4n) is 0.743. The first-order valence-corrected chi connectivity index (χ1v) is 5.57. The van der Waals surface area contributed by atoms with Crippen LogP contribution in [-0.2, 0) is 17.1 Å². The number of nitrogens with one attached hydrogen (secondary N) is 1. The molecule has 3 N–H and O–H groups in total. The summed E-state index contributed by atoms with van der Waals surface area (Å²) in [5, 5.41) is 3.08. The van der Waals surface area contributed by atoms with E-state index < -0.39 is 15.3 Å². The standard InChI is InChI=1S/C6H13N5O2S/c1-5(3-7)14(12,13)10-6-8-4-9-11(6)2/h4-5H,3,7H2,1-2H3,(H,8,9,10). The monoisotopic (exact) mass is 219 g/mol. The molecule has 1 aromatic rings. The van der Waals surface area contributed by atoms with Crippen LogP contribution >= 0.6 is 0 Å². The molecule has 0 radical (unpaired) electrons. The number of hydrogen-bond acceptors (Lipinski definition) is 5. The second-order valence-corrected chi connectivity index (χ2v) is 5.00. The Morgan fingerprint density at radius 1 is 1.71 bits per heavy atom. The van der Waals surface area contributed by atoms with Crippen LogP contribution in [0.25, 0.3) is 0 Å². The second kappa shape index (κ2) is 3.93. The Hall–Kier alpha value is -1.15. The molecule has 7 nitrogen and oxygen atoms in total. The summed E-state index contributed by atoms with van der Waals surface area (Å²) in [6.45, 7) is 1.59. The van der Waals surface area contributed by atoms with E-state index in [1.54, 1.807) is 7.05 Å². The van der Waals surface area contributed by atoms with Crippen LogP contribution < -0.4 is 10.5 Å². The van der Waals surface area contributed by atoms with Crippen LogP contribution in [0.3, 0.4) is 0 Å². The molecule has 0 aliphatic carbocycles. The van der Waals surface area contributed by atoms with E-state index in [9.17, 15) is 8.42 Å². The lowest BCUT2D eigenvalue weighted by Crippen LogP contribution is -2.32. The Balaban J connectivity index is 2.84. The fraction of sp³-hybridized carbons (Fsp3) is 0.667. The van der Waals surface area contributed by atoms with E-state index in [4.69, 9.17) is 5.73 Å². The Kier molecular flexibility index (Phi) is 3.06. The van der Waals surface area contributed by atoms with Crippen molar-refractivity contribution in [1.29, 1.82) is 0 Å². The summed E-state index contributed by atoms with van der Waals surface area (Å²) in [4.78, 5) is 3.74. The zero-order chi connectivity index (χ0) is 10.8. The topological polar surface area (TPSA) is 103 Å². The molecule has 1 rings (SSSR count). The van der Waals surface area contributed by atoms with Crippen molar-refractivity contribution in [2.45, 2.75) is 12.2 Å². The summed E-state index contributed by atoms with van der Waals surface area (Å²) in [6.07, 6.45) is 1.27. The van der Waals surface area contributed by atoms with E-state index >= 15 is 0 Å². The van der Waals surface area contributed by atoms with Gasteiger partial charge in [0, 0.05) is 13.6 Å². The summed E-state index contributed by atoms with van der Waals surface area (Å²) in [5.74, 6) is 0.185. The van der Waals surface area contributed by atoms with Crippen molar-refractivity contribution in [3.63, 3.8) is 0 Å². The fourth-order valence-corrected chi connectivity index (χ4v) is 1.64. The largest absolute Gasteiger partial charge is 0.329 e. The lowest BCUT2D eigenvalue weighted by Gasteiger charge is -2.11. The molecule has 0 aliphatic rings. The van der Waals surface area contributed by atoms with Crippen molar-refractivity contribution in [3.8, 4) is 0 Å². The molecule has 1 unspecified atom stereocenters. The molecule has 0 aliphatic heterocycles. The number of aromatic nitrogens is 3. The number of hydrogen-bond donors (Lipinski definition) is 2. The molecular weight excluding hydrogens is 206 g/mol. The Bertz CT molecular complexity index is 398. The quantitative estimate of drug-likeness (QED) is 0.669. The van der Waals surface area contributed by atoms with Crippen molar-refractivity contribution in [3.05, 3.63) is 6.33 Å². The smallest absolute Gasteiger partial charge is 0.238 e. The summed E-state index contributed by atoms with van der Waals surface area (Å²) >= 11 is 0. The third kappa shape index (κ3) is 2.20. The molecule has 0 amide bonds. The van der Waals surface area contributed by atoms with E-state index in [2.05, 4.69) is 14.8 Å². The van der Waals surface area contributed by atoms with E-state index in [-0.39, 0.29) is 12.5 Å². The Morgan fingerprint density at radius 3 is 2.79 bits per heavy atom. The van der Waals surface area contributed by atoms with Gasteiger partial charge in [0.15, 0.2) is 0 Å². The maximum Gasteiger partial charge on any atom is 0.238 e. The van der Waals surface area contributed by atoms with Crippen LogP contribution in [0.15, 0.2) is 6.33 Å². The SMILES string of the molecule is CC(CN)S(=O)(=O)Nc1ncnn1C. The Morgan fingerprint density at radius 2 is 2.36 bits per heavy atom. The second-order valence-electron chi connectivity index (χ2n) is 2.90. The van der Waals surface area contributed by atoms with Crippen molar-refractivity contribution in [2.24, 2.45) is 12.8 Å². The maximum atomic E-state index is 11.5. The summed E-state index contributed by atoms with van der Waals surface area (Å²) in [5.41, 5.74) is 5.26. The molecule has 1 atom stereocenters. The molecule has 8 heteroatoms. The number of rotatable bonds is 4. The van der Waals surface area contributed by atoms with Gasteiger partial charge in [-0.1, -0.05) is 0 Å². The molecular formula is C6H13N5O2S. The van der Waals surface area contributed by atoms with Gasteiger partial charge in [0.2, 0.25) is 16.0 Å². The molecule has 0 spiro atoms. The number of sulfonamides is 1. The van der Waals surface area contributed by atoms with Crippen LogP contribution in [0.5, 0.6) is 0 Å². The van der Waals surface area contributed by atoms with E-state index in [0.717, 1.165) is 0 Å². The lowest BCUT2D eigenvalue weighted by atomic mass is 10.5. The number of aryl methyl sites for hydroxylation is 1. The van der Waals surface area contributed by atoms with Crippen LogP contribution in [0.4, 0.5) is 5.95 Å². The molecule has 1 heterocycles. The van der Waals surface area contributed by atoms with Crippen LogP contribution in [0.1, 0.15) is 6.92 Å².